The highest BCUT2D eigenvalue weighted by atomic mass is 16.5. The Morgan fingerprint density at radius 2 is 1.52 bits per heavy atom. The number of nitrogens with one attached hydrogen (secondary N) is 1. The van der Waals surface area contributed by atoms with Crippen LogP contribution in [0.25, 0.3) is 0 Å². The van der Waals surface area contributed by atoms with Crippen molar-refractivity contribution in [3.8, 4) is 0 Å². The fourth-order valence-corrected chi connectivity index (χ4v) is 2.67. The van der Waals surface area contributed by atoms with Crippen LogP contribution >= 0.6 is 0 Å². The van der Waals surface area contributed by atoms with Gasteiger partial charge in [-0.15, -0.1) is 0 Å². The minimum Gasteiger partial charge on any atom is -0.378 e. The Morgan fingerprint density at radius 3 is 2.10 bits per heavy atom. The molecule has 2 aliphatic heterocycles. The molecule has 7 heteroatoms. The van der Waals surface area contributed by atoms with Crippen molar-refractivity contribution in [1.82, 2.24) is 20.0 Å². The Labute approximate surface area is 126 Å². The normalized spacial score (nSPS) is 21.3. The van der Waals surface area contributed by atoms with Gasteiger partial charge < -0.3 is 15.0 Å². The van der Waals surface area contributed by atoms with Crippen LogP contribution in [0.2, 0.25) is 0 Å². The molecule has 0 aromatic heterocycles. The molecule has 2 rings (SSSR count). The molecule has 0 aromatic carbocycles. The molecule has 2 heterocycles. The topological polar surface area (TPSA) is 65.1 Å². The van der Waals surface area contributed by atoms with Gasteiger partial charge in [0, 0.05) is 45.8 Å². The first-order valence-corrected chi connectivity index (χ1v) is 7.76. The molecule has 1 N–H and O–H groups in total. The number of carbonyl (C=O) groups is 2. The molecule has 7 nitrogen and oxygen atoms in total. The van der Waals surface area contributed by atoms with Crippen LogP contribution in [0.1, 0.15) is 6.92 Å². The lowest BCUT2D eigenvalue weighted by Gasteiger charge is -2.35. The van der Waals surface area contributed by atoms with Gasteiger partial charge in [-0.25, -0.2) is 0 Å². The molecule has 2 saturated heterocycles. The van der Waals surface area contributed by atoms with Crippen LogP contribution in [-0.2, 0) is 14.3 Å². The van der Waals surface area contributed by atoms with Crippen molar-refractivity contribution < 1.29 is 14.3 Å². The second kappa shape index (κ2) is 8.31. The lowest BCUT2D eigenvalue weighted by atomic mass is 10.3. The van der Waals surface area contributed by atoms with Gasteiger partial charge in [0.25, 0.3) is 0 Å². The van der Waals surface area contributed by atoms with Crippen LogP contribution in [0.4, 0.5) is 0 Å². The fraction of sp³-hybridized carbons (Fsp3) is 0.857. The Hall–Kier alpha value is -1.18. The maximum atomic E-state index is 12.2. The summed E-state index contributed by atoms with van der Waals surface area (Å²) in [6.45, 7) is 9.60. The van der Waals surface area contributed by atoms with E-state index >= 15 is 0 Å². The molecule has 0 unspecified atom stereocenters. The molecule has 120 valence electrons. The van der Waals surface area contributed by atoms with Crippen LogP contribution in [0.15, 0.2) is 0 Å². The third-order valence-corrected chi connectivity index (χ3v) is 3.93. The number of hydrogen-bond acceptors (Lipinski definition) is 5. The van der Waals surface area contributed by atoms with Gasteiger partial charge in [0.1, 0.15) is 0 Å². The van der Waals surface area contributed by atoms with Crippen molar-refractivity contribution in [2.45, 2.75) is 6.92 Å². The molecule has 2 fully saturated rings. The molecule has 0 aliphatic carbocycles. The SMILES string of the molecule is CCNC(=O)CN1CCN(CC(=O)N2CCOCC2)CC1. The van der Waals surface area contributed by atoms with E-state index in [0.29, 0.717) is 45.9 Å². The van der Waals surface area contributed by atoms with Crippen molar-refractivity contribution in [2.75, 3.05) is 72.1 Å². The van der Waals surface area contributed by atoms with Gasteiger partial charge in [0.2, 0.25) is 11.8 Å². The quantitative estimate of drug-likeness (QED) is 0.676. The van der Waals surface area contributed by atoms with E-state index in [1.54, 1.807) is 0 Å². The van der Waals surface area contributed by atoms with Gasteiger partial charge in [0.05, 0.1) is 26.3 Å². The lowest BCUT2D eigenvalue weighted by molar-refractivity contribution is -0.137. The summed E-state index contributed by atoms with van der Waals surface area (Å²) in [6.07, 6.45) is 0. The van der Waals surface area contributed by atoms with Crippen molar-refractivity contribution in [1.29, 1.82) is 0 Å². The number of piperazine rings is 1. The van der Waals surface area contributed by atoms with Crippen molar-refractivity contribution >= 4 is 11.8 Å². The molecule has 0 spiro atoms. The van der Waals surface area contributed by atoms with Gasteiger partial charge in [-0.1, -0.05) is 0 Å². The molecule has 0 saturated carbocycles. The van der Waals surface area contributed by atoms with Crippen molar-refractivity contribution in [3.05, 3.63) is 0 Å². The fourth-order valence-electron chi connectivity index (χ4n) is 2.67. The molecule has 0 aromatic rings. The van der Waals surface area contributed by atoms with E-state index in [-0.39, 0.29) is 11.8 Å². The van der Waals surface area contributed by atoms with Gasteiger partial charge in [-0.2, -0.15) is 0 Å². The molecule has 2 aliphatic rings. The highest BCUT2D eigenvalue weighted by molar-refractivity contribution is 5.78. The van der Waals surface area contributed by atoms with Gasteiger partial charge in [-0.3, -0.25) is 19.4 Å². The smallest absolute Gasteiger partial charge is 0.236 e. The minimum atomic E-state index is 0.0790. The van der Waals surface area contributed by atoms with E-state index in [1.165, 1.54) is 0 Å². The number of carbonyl (C=O) groups excluding carboxylic acids is 2. The number of rotatable bonds is 5. The maximum Gasteiger partial charge on any atom is 0.236 e. The summed E-state index contributed by atoms with van der Waals surface area (Å²) in [4.78, 5) is 29.9. The molecule has 0 bridgehead atoms. The summed E-state index contributed by atoms with van der Waals surface area (Å²) in [5, 5.41) is 2.81. The Morgan fingerprint density at radius 1 is 0.952 bits per heavy atom. The minimum absolute atomic E-state index is 0.0790. The van der Waals surface area contributed by atoms with Crippen molar-refractivity contribution in [2.24, 2.45) is 0 Å². The standard InChI is InChI=1S/C14H26N4O3/c1-2-15-13(19)11-16-3-5-17(6-4-16)12-14(20)18-7-9-21-10-8-18/h2-12H2,1H3,(H,15,19). The monoisotopic (exact) mass is 298 g/mol. The van der Waals surface area contributed by atoms with Gasteiger partial charge >= 0.3 is 0 Å². The lowest BCUT2D eigenvalue weighted by Crippen LogP contribution is -2.52. The molecular formula is C14H26N4O3. The first-order valence-electron chi connectivity index (χ1n) is 7.76. The van der Waals surface area contributed by atoms with Crippen LogP contribution in [0.5, 0.6) is 0 Å². The highest BCUT2D eigenvalue weighted by Gasteiger charge is 2.23. The van der Waals surface area contributed by atoms with Crippen LogP contribution < -0.4 is 5.32 Å². The summed E-state index contributed by atoms with van der Waals surface area (Å²) in [7, 11) is 0. The first kappa shape index (κ1) is 16.2. The number of nitrogens with zero attached hydrogens (tertiary/aromatic N) is 3. The van der Waals surface area contributed by atoms with E-state index in [4.69, 9.17) is 4.74 Å². The summed E-state index contributed by atoms with van der Waals surface area (Å²) in [6, 6.07) is 0. The van der Waals surface area contributed by atoms with Gasteiger partial charge in [0.15, 0.2) is 0 Å². The zero-order valence-electron chi connectivity index (χ0n) is 12.8. The number of amides is 2. The predicted octanol–water partition coefficient (Wildman–Crippen LogP) is -1.40. The van der Waals surface area contributed by atoms with Crippen LogP contribution in [0.3, 0.4) is 0 Å². The Bertz CT molecular complexity index is 350. The average Bonchev–Trinajstić information content (AvgIpc) is 2.50. The number of ether oxygens (including phenoxy) is 1. The Kier molecular flexibility index (Phi) is 6.41. The van der Waals surface area contributed by atoms with E-state index in [1.807, 2.05) is 11.8 Å². The summed E-state index contributed by atoms with van der Waals surface area (Å²) in [5.41, 5.74) is 0. The van der Waals surface area contributed by atoms with Crippen LogP contribution in [0, 0.1) is 0 Å². The summed E-state index contributed by atoms with van der Waals surface area (Å²) < 4.78 is 5.26. The molecule has 21 heavy (non-hydrogen) atoms. The first-order chi connectivity index (χ1) is 10.2. The summed E-state index contributed by atoms with van der Waals surface area (Å²) >= 11 is 0. The molecule has 2 amide bonds. The van der Waals surface area contributed by atoms with E-state index in [2.05, 4.69) is 15.1 Å². The third kappa shape index (κ3) is 5.26. The molecular weight excluding hydrogens is 272 g/mol. The second-order valence-corrected chi connectivity index (χ2v) is 5.50. The zero-order valence-corrected chi connectivity index (χ0v) is 12.8. The molecule has 0 atom stereocenters. The highest BCUT2D eigenvalue weighted by Crippen LogP contribution is 2.04. The maximum absolute atomic E-state index is 12.2. The third-order valence-electron chi connectivity index (χ3n) is 3.93. The predicted molar refractivity (Wildman–Crippen MR) is 79.0 cm³/mol. The second-order valence-electron chi connectivity index (χ2n) is 5.50. The van der Waals surface area contributed by atoms with Gasteiger partial charge in [-0.05, 0) is 6.92 Å². The largest absolute Gasteiger partial charge is 0.378 e. The van der Waals surface area contributed by atoms with Crippen LogP contribution in [-0.4, -0.2) is 98.6 Å². The summed E-state index contributed by atoms with van der Waals surface area (Å²) in [5.74, 6) is 0.269. The average molecular weight is 298 g/mol. The number of hydrogen-bond donors (Lipinski definition) is 1. The number of morpholine rings is 1. The van der Waals surface area contributed by atoms with E-state index < -0.39 is 0 Å². The number of likely N-dealkylation sites (N-methyl/N-ethyl adjacent to an activating group) is 1. The molecule has 0 radical (unpaired) electrons. The van der Waals surface area contributed by atoms with Crippen molar-refractivity contribution in [3.63, 3.8) is 0 Å². The zero-order chi connectivity index (χ0) is 15.1. The van der Waals surface area contributed by atoms with E-state index in [9.17, 15) is 9.59 Å². The Balaban J connectivity index is 1.66. The van der Waals surface area contributed by atoms with E-state index in [0.717, 1.165) is 26.2 Å².